The lowest BCUT2D eigenvalue weighted by Crippen LogP contribution is -2.37. The molecule has 0 radical (unpaired) electrons. The molecule has 0 bridgehead atoms. The zero-order chi connectivity index (χ0) is 23.8. The fourth-order valence-electron chi connectivity index (χ4n) is 3.99. The van der Waals surface area contributed by atoms with Crippen LogP contribution in [-0.2, 0) is 11.2 Å². The molecule has 2 amide bonds. The van der Waals surface area contributed by atoms with Gasteiger partial charge in [-0.15, -0.1) is 11.3 Å². The molecule has 34 heavy (non-hydrogen) atoms. The number of piperidine rings is 1. The number of rotatable bonds is 6. The van der Waals surface area contributed by atoms with Gasteiger partial charge in [0.2, 0.25) is 0 Å². The van der Waals surface area contributed by atoms with E-state index in [4.69, 9.17) is 0 Å². The molecule has 0 N–H and O–H groups in total. The van der Waals surface area contributed by atoms with E-state index in [0.717, 1.165) is 35.5 Å². The highest BCUT2D eigenvalue weighted by Gasteiger charge is 2.26. The molecule has 6 nitrogen and oxygen atoms in total. The van der Waals surface area contributed by atoms with Gasteiger partial charge in [0.1, 0.15) is 5.69 Å². The minimum atomic E-state index is -0.135. The molecule has 3 aromatic rings. The Morgan fingerprint density at radius 1 is 1.12 bits per heavy atom. The summed E-state index contributed by atoms with van der Waals surface area (Å²) in [5.74, 6) is 5.79. The second-order valence-corrected chi connectivity index (χ2v) is 9.10. The molecule has 0 saturated carbocycles. The number of nitrogens with zero attached hydrogens (tertiary/aromatic N) is 4. The normalized spacial score (nSPS) is 13.7. The Morgan fingerprint density at radius 2 is 1.88 bits per heavy atom. The number of amides is 2. The van der Waals surface area contributed by atoms with Gasteiger partial charge in [0.25, 0.3) is 11.8 Å². The average Bonchev–Trinajstić information content (AvgIpc) is 3.39. The fourth-order valence-corrected chi connectivity index (χ4v) is 4.95. The number of aromatic nitrogens is 2. The Hall–Kier alpha value is -3.50. The van der Waals surface area contributed by atoms with Gasteiger partial charge in [0, 0.05) is 67.3 Å². The second kappa shape index (κ2) is 11.6. The molecule has 4 rings (SSSR count). The number of carbonyl (C=O) groups is 2. The monoisotopic (exact) mass is 472 g/mol. The van der Waals surface area contributed by atoms with Gasteiger partial charge < -0.3 is 9.80 Å². The molecule has 7 heteroatoms. The van der Waals surface area contributed by atoms with Gasteiger partial charge in [-0.3, -0.25) is 14.6 Å². The third-order valence-corrected chi connectivity index (χ3v) is 7.00. The quantitative estimate of drug-likeness (QED) is 0.509. The van der Waals surface area contributed by atoms with Crippen molar-refractivity contribution in [1.29, 1.82) is 0 Å². The maximum absolute atomic E-state index is 13.0. The van der Waals surface area contributed by atoms with E-state index in [1.807, 2.05) is 70.6 Å². The number of carbonyl (C=O) groups excluding carboxylic acids is 2. The van der Waals surface area contributed by atoms with Gasteiger partial charge in [-0.05, 0) is 44.0 Å². The minimum Gasteiger partial charge on any atom is -0.337 e. The highest BCUT2D eigenvalue weighted by molar-refractivity contribution is 7.09. The molecule has 0 unspecified atom stereocenters. The van der Waals surface area contributed by atoms with Crippen molar-refractivity contribution in [1.82, 2.24) is 19.8 Å². The first kappa shape index (κ1) is 23.7. The largest absolute Gasteiger partial charge is 0.337 e. The van der Waals surface area contributed by atoms with Crippen molar-refractivity contribution >= 4 is 23.2 Å². The van der Waals surface area contributed by atoms with E-state index >= 15 is 0 Å². The molecule has 1 aromatic carbocycles. The Bertz CT molecular complexity index is 1160. The lowest BCUT2D eigenvalue weighted by Gasteiger charge is -2.29. The van der Waals surface area contributed by atoms with Crippen LogP contribution in [0.2, 0.25) is 0 Å². The van der Waals surface area contributed by atoms with Crippen LogP contribution in [0.3, 0.4) is 0 Å². The molecule has 2 aromatic heterocycles. The van der Waals surface area contributed by atoms with Crippen LogP contribution in [0.25, 0.3) is 0 Å². The standard InChI is InChI=1S/C27H28N4O2S/c1-2-30(19-15-23-10-6-7-16-28-23)27(33)24-20-34-26(29-24)22-13-17-31(18-14-22)25(32)12-11-21-8-4-3-5-9-21/h3-10,16,20,22H,2,13-15,17-19H2,1H3. The van der Waals surface area contributed by atoms with Crippen molar-refractivity contribution < 1.29 is 9.59 Å². The van der Waals surface area contributed by atoms with Crippen LogP contribution in [0.15, 0.2) is 60.1 Å². The topological polar surface area (TPSA) is 66.4 Å². The Morgan fingerprint density at radius 3 is 2.59 bits per heavy atom. The first-order chi connectivity index (χ1) is 16.6. The summed E-state index contributed by atoms with van der Waals surface area (Å²) in [6.45, 7) is 4.53. The summed E-state index contributed by atoms with van der Waals surface area (Å²) in [6, 6.07) is 15.4. The predicted molar refractivity (Wildman–Crippen MR) is 134 cm³/mol. The van der Waals surface area contributed by atoms with Crippen LogP contribution in [0.4, 0.5) is 0 Å². The first-order valence-corrected chi connectivity index (χ1v) is 12.5. The number of benzene rings is 1. The molecule has 0 spiro atoms. The smallest absolute Gasteiger partial charge is 0.298 e. The van der Waals surface area contributed by atoms with E-state index in [1.165, 1.54) is 0 Å². The molecule has 0 aliphatic carbocycles. The van der Waals surface area contributed by atoms with Gasteiger partial charge in [0.05, 0.1) is 5.01 Å². The van der Waals surface area contributed by atoms with E-state index in [0.29, 0.717) is 31.9 Å². The maximum atomic E-state index is 13.0. The minimum absolute atomic E-state index is 0.0373. The molecular weight excluding hydrogens is 444 g/mol. The highest BCUT2D eigenvalue weighted by atomic mass is 32.1. The predicted octanol–water partition coefficient (Wildman–Crippen LogP) is 4.00. The van der Waals surface area contributed by atoms with Crippen molar-refractivity contribution in [2.24, 2.45) is 0 Å². The third-order valence-electron chi connectivity index (χ3n) is 5.99. The Balaban J connectivity index is 1.30. The van der Waals surface area contributed by atoms with Crippen LogP contribution in [0, 0.1) is 11.8 Å². The van der Waals surface area contributed by atoms with Gasteiger partial charge in [-0.2, -0.15) is 0 Å². The van der Waals surface area contributed by atoms with E-state index in [2.05, 4.69) is 21.8 Å². The third kappa shape index (κ3) is 6.09. The Labute approximate surface area is 204 Å². The molecule has 1 saturated heterocycles. The molecule has 0 atom stereocenters. The Kier molecular flexibility index (Phi) is 8.05. The second-order valence-electron chi connectivity index (χ2n) is 8.21. The van der Waals surface area contributed by atoms with E-state index in [-0.39, 0.29) is 17.7 Å². The summed E-state index contributed by atoms with van der Waals surface area (Å²) in [5.41, 5.74) is 2.32. The van der Waals surface area contributed by atoms with E-state index in [9.17, 15) is 9.59 Å². The lowest BCUT2D eigenvalue weighted by atomic mass is 9.97. The zero-order valence-electron chi connectivity index (χ0n) is 19.3. The maximum Gasteiger partial charge on any atom is 0.298 e. The number of likely N-dealkylation sites (tertiary alicyclic amines) is 1. The average molecular weight is 473 g/mol. The summed E-state index contributed by atoms with van der Waals surface area (Å²) in [7, 11) is 0. The molecule has 1 fully saturated rings. The van der Waals surface area contributed by atoms with Crippen LogP contribution in [-0.4, -0.2) is 57.8 Å². The van der Waals surface area contributed by atoms with Crippen molar-refractivity contribution in [3.05, 3.63) is 82.1 Å². The van der Waals surface area contributed by atoms with Crippen molar-refractivity contribution in [3.8, 4) is 11.8 Å². The molecule has 1 aliphatic heterocycles. The van der Waals surface area contributed by atoms with Crippen LogP contribution in [0.1, 0.15) is 52.4 Å². The van der Waals surface area contributed by atoms with Gasteiger partial charge in [-0.1, -0.05) is 30.2 Å². The molecule has 3 heterocycles. The highest BCUT2D eigenvalue weighted by Crippen LogP contribution is 2.30. The van der Waals surface area contributed by atoms with Crippen LogP contribution in [0.5, 0.6) is 0 Å². The van der Waals surface area contributed by atoms with E-state index < -0.39 is 0 Å². The number of pyridine rings is 1. The van der Waals surface area contributed by atoms with Gasteiger partial charge >= 0.3 is 0 Å². The number of thiazole rings is 1. The number of hydrogen-bond acceptors (Lipinski definition) is 5. The van der Waals surface area contributed by atoms with Crippen molar-refractivity contribution in [2.75, 3.05) is 26.2 Å². The summed E-state index contributed by atoms with van der Waals surface area (Å²) < 4.78 is 0. The molecule has 174 valence electrons. The van der Waals surface area contributed by atoms with Gasteiger partial charge in [-0.25, -0.2) is 4.98 Å². The summed E-state index contributed by atoms with van der Waals surface area (Å²) >= 11 is 1.54. The number of likely N-dealkylation sites (N-methyl/N-ethyl adjacent to an activating group) is 1. The van der Waals surface area contributed by atoms with Crippen molar-refractivity contribution in [3.63, 3.8) is 0 Å². The summed E-state index contributed by atoms with van der Waals surface area (Å²) in [4.78, 5) is 38.1. The van der Waals surface area contributed by atoms with Gasteiger partial charge in [0.15, 0.2) is 0 Å². The van der Waals surface area contributed by atoms with E-state index in [1.54, 1.807) is 17.5 Å². The zero-order valence-corrected chi connectivity index (χ0v) is 20.1. The lowest BCUT2D eigenvalue weighted by molar-refractivity contribution is -0.126. The summed E-state index contributed by atoms with van der Waals surface area (Å²) in [5, 5.41) is 2.84. The summed E-state index contributed by atoms with van der Waals surface area (Å²) in [6.07, 6.45) is 4.15. The van der Waals surface area contributed by atoms with Crippen LogP contribution >= 0.6 is 11.3 Å². The number of hydrogen-bond donors (Lipinski definition) is 0. The SMILES string of the molecule is CCN(CCc1ccccn1)C(=O)c1csc(C2CCN(C(=O)C#Cc3ccccc3)CC2)n1. The fraction of sp³-hybridized carbons (Fsp3) is 0.333. The van der Waals surface area contributed by atoms with Crippen molar-refractivity contribution in [2.45, 2.75) is 32.1 Å². The first-order valence-electron chi connectivity index (χ1n) is 11.6. The van der Waals surface area contributed by atoms with Crippen LogP contribution < -0.4 is 0 Å². The molecule has 1 aliphatic rings. The molecular formula is C27H28N4O2S.